The lowest BCUT2D eigenvalue weighted by Gasteiger charge is -2.32. The second-order valence-corrected chi connectivity index (χ2v) is 4.06. The maximum Gasteiger partial charge on any atom is 0.308 e. The van der Waals surface area contributed by atoms with Crippen LogP contribution in [0.15, 0.2) is 0 Å². The summed E-state index contributed by atoms with van der Waals surface area (Å²) >= 11 is 0. The molecule has 0 radical (unpaired) electrons. The highest BCUT2D eigenvalue weighted by molar-refractivity contribution is 5.76. The molecule has 6 nitrogen and oxygen atoms in total. The predicted octanol–water partition coefficient (Wildman–Crippen LogP) is 0.204. The summed E-state index contributed by atoms with van der Waals surface area (Å²) in [4.78, 5) is 24.7. The minimum atomic E-state index is -0.316. The lowest BCUT2D eigenvalue weighted by molar-refractivity contribution is -0.150. The molecule has 0 spiro atoms. The van der Waals surface area contributed by atoms with E-state index in [1.54, 1.807) is 4.90 Å². The molecule has 104 valence electrons. The highest BCUT2D eigenvalue weighted by atomic mass is 16.5. The number of esters is 1. The average molecular weight is 259 g/mol. The van der Waals surface area contributed by atoms with Crippen molar-refractivity contribution in [1.82, 2.24) is 4.90 Å². The monoisotopic (exact) mass is 259 g/mol. The third kappa shape index (κ3) is 5.01. The highest BCUT2D eigenvalue weighted by Crippen LogP contribution is 2.10. The van der Waals surface area contributed by atoms with Crippen molar-refractivity contribution in [3.63, 3.8) is 0 Å². The summed E-state index contributed by atoms with van der Waals surface area (Å²) < 4.78 is 15.2. The van der Waals surface area contributed by atoms with Crippen LogP contribution in [0.1, 0.15) is 19.8 Å². The molecule has 0 aromatic carbocycles. The van der Waals surface area contributed by atoms with Crippen molar-refractivity contribution in [3.05, 3.63) is 0 Å². The van der Waals surface area contributed by atoms with Crippen LogP contribution in [0.4, 0.5) is 0 Å². The minimum absolute atomic E-state index is 0.0432. The minimum Gasteiger partial charge on any atom is -0.469 e. The van der Waals surface area contributed by atoms with Crippen LogP contribution in [0.5, 0.6) is 0 Å². The molecule has 0 aliphatic carbocycles. The number of hydrogen-bond acceptors (Lipinski definition) is 5. The summed E-state index contributed by atoms with van der Waals surface area (Å²) in [7, 11) is 1.34. The maximum atomic E-state index is 11.8. The van der Waals surface area contributed by atoms with E-state index in [4.69, 9.17) is 9.47 Å². The Balaban J connectivity index is 2.33. The number of ether oxygens (including phenoxy) is 3. The Kier molecular flexibility index (Phi) is 6.67. The number of morpholine rings is 1. The second-order valence-electron chi connectivity index (χ2n) is 4.06. The van der Waals surface area contributed by atoms with Gasteiger partial charge in [-0.2, -0.15) is 0 Å². The zero-order chi connectivity index (χ0) is 13.4. The Labute approximate surface area is 107 Å². The van der Waals surface area contributed by atoms with Gasteiger partial charge in [0.15, 0.2) is 0 Å². The SMILES string of the molecule is CCOCCC(=O)N1CCOC(CC(=O)OC)C1. The van der Waals surface area contributed by atoms with Gasteiger partial charge >= 0.3 is 5.97 Å². The Morgan fingerprint density at radius 2 is 2.22 bits per heavy atom. The quantitative estimate of drug-likeness (QED) is 0.504. The molecule has 1 fully saturated rings. The van der Waals surface area contributed by atoms with Crippen LogP contribution in [-0.2, 0) is 23.8 Å². The largest absolute Gasteiger partial charge is 0.469 e. The smallest absolute Gasteiger partial charge is 0.308 e. The first kappa shape index (κ1) is 14.9. The van der Waals surface area contributed by atoms with E-state index in [2.05, 4.69) is 4.74 Å². The maximum absolute atomic E-state index is 11.8. The predicted molar refractivity (Wildman–Crippen MR) is 64.1 cm³/mol. The first-order valence-electron chi connectivity index (χ1n) is 6.21. The molecule has 0 aromatic rings. The van der Waals surface area contributed by atoms with Crippen LogP contribution in [0.3, 0.4) is 0 Å². The Hall–Kier alpha value is -1.14. The standard InChI is InChI=1S/C12H21NO5/c1-3-17-6-4-11(14)13-5-7-18-10(9-13)8-12(15)16-2/h10H,3-9H2,1-2H3. The van der Waals surface area contributed by atoms with Gasteiger partial charge in [0.1, 0.15) is 0 Å². The molecule has 18 heavy (non-hydrogen) atoms. The normalized spacial score (nSPS) is 19.7. The van der Waals surface area contributed by atoms with E-state index in [0.717, 1.165) is 0 Å². The van der Waals surface area contributed by atoms with E-state index >= 15 is 0 Å². The molecule has 0 bridgehead atoms. The molecule has 0 aromatic heterocycles. The van der Waals surface area contributed by atoms with E-state index in [1.165, 1.54) is 7.11 Å². The fourth-order valence-corrected chi connectivity index (χ4v) is 1.80. The first-order valence-corrected chi connectivity index (χ1v) is 6.21. The highest BCUT2D eigenvalue weighted by Gasteiger charge is 2.25. The van der Waals surface area contributed by atoms with Gasteiger partial charge in [0.25, 0.3) is 0 Å². The summed E-state index contributed by atoms with van der Waals surface area (Å²) in [5.41, 5.74) is 0. The van der Waals surface area contributed by atoms with Gasteiger partial charge in [-0.05, 0) is 6.92 Å². The summed E-state index contributed by atoms with van der Waals surface area (Å²) in [6.07, 6.45) is 0.298. The summed E-state index contributed by atoms with van der Waals surface area (Å²) in [6.45, 7) is 4.42. The molecule has 1 unspecified atom stereocenters. The number of rotatable bonds is 6. The van der Waals surface area contributed by atoms with Crippen LogP contribution in [0, 0.1) is 0 Å². The van der Waals surface area contributed by atoms with E-state index in [0.29, 0.717) is 39.3 Å². The zero-order valence-corrected chi connectivity index (χ0v) is 11.0. The number of carbonyl (C=O) groups excluding carboxylic acids is 2. The van der Waals surface area contributed by atoms with E-state index in [9.17, 15) is 9.59 Å². The number of hydrogen-bond donors (Lipinski definition) is 0. The Bertz CT molecular complexity index is 282. The van der Waals surface area contributed by atoms with Crippen molar-refractivity contribution < 1.29 is 23.8 Å². The van der Waals surface area contributed by atoms with Crippen molar-refractivity contribution in [2.24, 2.45) is 0 Å². The van der Waals surface area contributed by atoms with Gasteiger partial charge < -0.3 is 19.1 Å². The lowest BCUT2D eigenvalue weighted by atomic mass is 10.2. The molecule has 1 aliphatic heterocycles. The summed E-state index contributed by atoms with van der Waals surface area (Å²) in [6, 6.07) is 0. The molecule has 0 saturated carbocycles. The molecule has 1 heterocycles. The molecule has 0 N–H and O–H groups in total. The van der Waals surface area contributed by atoms with Crippen molar-refractivity contribution in [2.45, 2.75) is 25.9 Å². The molecule has 1 rings (SSSR count). The topological polar surface area (TPSA) is 65.1 Å². The second kappa shape index (κ2) is 8.05. The number of nitrogens with zero attached hydrogens (tertiary/aromatic N) is 1. The molecule has 1 amide bonds. The average Bonchev–Trinajstić information content (AvgIpc) is 2.39. The zero-order valence-electron chi connectivity index (χ0n) is 11.0. The van der Waals surface area contributed by atoms with E-state index in [1.807, 2.05) is 6.92 Å². The van der Waals surface area contributed by atoms with Gasteiger partial charge in [-0.1, -0.05) is 0 Å². The van der Waals surface area contributed by atoms with Crippen molar-refractivity contribution in [2.75, 3.05) is 40.0 Å². The molecule has 1 atom stereocenters. The van der Waals surface area contributed by atoms with Gasteiger partial charge in [0, 0.05) is 19.7 Å². The third-order valence-corrected chi connectivity index (χ3v) is 2.78. The van der Waals surface area contributed by atoms with Crippen molar-refractivity contribution >= 4 is 11.9 Å². The van der Waals surface area contributed by atoms with Crippen molar-refractivity contribution in [1.29, 1.82) is 0 Å². The Morgan fingerprint density at radius 1 is 1.44 bits per heavy atom. The van der Waals surface area contributed by atoms with Crippen LogP contribution in [0.2, 0.25) is 0 Å². The fourth-order valence-electron chi connectivity index (χ4n) is 1.80. The third-order valence-electron chi connectivity index (χ3n) is 2.78. The van der Waals surface area contributed by atoms with Gasteiger partial charge in [-0.15, -0.1) is 0 Å². The first-order chi connectivity index (χ1) is 8.67. The fraction of sp³-hybridized carbons (Fsp3) is 0.833. The lowest BCUT2D eigenvalue weighted by Crippen LogP contribution is -2.46. The molecule has 1 saturated heterocycles. The van der Waals surface area contributed by atoms with Gasteiger partial charge in [0.2, 0.25) is 5.91 Å². The number of carbonyl (C=O) groups is 2. The Morgan fingerprint density at radius 3 is 2.89 bits per heavy atom. The summed E-state index contributed by atoms with van der Waals surface area (Å²) in [5, 5.41) is 0. The van der Waals surface area contributed by atoms with Gasteiger partial charge in [0.05, 0.1) is 39.3 Å². The molecular formula is C12H21NO5. The van der Waals surface area contributed by atoms with E-state index < -0.39 is 0 Å². The van der Waals surface area contributed by atoms with Crippen LogP contribution in [0.25, 0.3) is 0 Å². The van der Waals surface area contributed by atoms with Crippen molar-refractivity contribution in [3.8, 4) is 0 Å². The van der Waals surface area contributed by atoms with E-state index in [-0.39, 0.29) is 24.4 Å². The molecular weight excluding hydrogens is 238 g/mol. The van der Waals surface area contributed by atoms with Gasteiger partial charge in [-0.25, -0.2) is 0 Å². The molecule has 6 heteroatoms. The van der Waals surface area contributed by atoms with Crippen LogP contribution >= 0.6 is 0 Å². The number of amides is 1. The summed E-state index contributed by atoms with van der Waals surface area (Å²) in [5.74, 6) is -0.273. The number of methoxy groups -OCH3 is 1. The molecule has 1 aliphatic rings. The van der Waals surface area contributed by atoms with Gasteiger partial charge in [-0.3, -0.25) is 9.59 Å². The van der Waals surface area contributed by atoms with Crippen LogP contribution < -0.4 is 0 Å². The van der Waals surface area contributed by atoms with Crippen LogP contribution in [-0.4, -0.2) is 62.9 Å².